The van der Waals surface area contributed by atoms with Crippen LogP contribution in [-0.4, -0.2) is 37.7 Å². The molecule has 0 aromatic carbocycles. The van der Waals surface area contributed by atoms with Crippen molar-refractivity contribution in [3.8, 4) is 0 Å². The number of rotatable bonds is 2. The van der Waals surface area contributed by atoms with E-state index in [1.165, 1.54) is 25.7 Å². The summed E-state index contributed by atoms with van der Waals surface area (Å²) in [5, 5.41) is 6.33. The molecule has 1 heterocycles. The van der Waals surface area contributed by atoms with Crippen LogP contribution in [0.5, 0.6) is 0 Å². The molecule has 1 atom stereocenters. The standard InChI is InChI=1S/C12H22N2O2/c15-12(11-9-16-8-7-13-11)14-10-5-3-1-2-4-6-10/h10-11,13H,1-9H2,(H,14,15). The van der Waals surface area contributed by atoms with Gasteiger partial charge in [-0.1, -0.05) is 25.7 Å². The lowest BCUT2D eigenvalue weighted by Gasteiger charge is -2.25. The first-order valence-electron chi connectivity index (χ1n) is 6.48. The fourth-order valence-electron chi connectivity index (χ4n) is 2.46. The van der Waals surface area contributed by atoms with Gasteiger partial charge in [-0.3, -0.25) is 4.79 Å². The van der Waals surface area contributed by atoms with E-state index in [0.717, 1.165) is 19.4 Å². The lowest BCUT2D eigenvalue weighted by Crippen LogP contribution is -2.53. The quantitative estimate of drug-likeness (QED) is 0.685. The number of nitrogens with one attached hydrogen (secondary N) is 2. The first-order valence-corrected chi connectivity index (χ1v) is 6.48. The molecule has 0 aromatic heterocycles. The highest BCUT2D eigenvalue weighted by atomic mass is 16.5. The van der Waals surface area contributed by atoms with E-state index in [2.05, 4.69) is 10.6 Å². The fourth-order valence-corrected chi connectivity index (χ4v) is 2.46. The van der Waals surface area contributed by atoms with Crippen molar-refractivity contribution < 1.29 is 9.53 Å². The van der Waals surface area contributed by atoms with Crippen molar-refractivity contribution in [2.45, 2.75) is 50.6 Å². The Hall–Kier alpha value is -0.610. The smallest absolute Gasteiger partial charge is 0.239 e. The summed E-state index contributed by atoms with van der Waals surface area (Å²) in [6.07, 6.45) is 7.41. The molecule has 4 nitrogen and oxygen atoms in total. The molecule has 1 aliphatic carbocycles. The Bertz CT molecular complexity index is 219. The molecule has 2 N–H and O–H groups in total. The number of carbonyl (C=O) groups excluding carboxylic acids is 1. The average molecular weight is 226 g/mol. The summed E-state index contributed by atoms with van der Waals surface area (Å²) in [5.41, 5.74) is 0. The highest BCUT2D eigenvalue weighted by Crippen LogP contribution is 2.17. The molecule has 4 heteroatoms. The van der Waals surface area contributed by atoms with Crippen LogP contribution in [0.15, 0.2) is 0 Å². The van der Waals surface area contributed by atoms with Gasteiger partial charge in [0.05, 0.1) is 13.2 Å². The van der Waals surface area contributed by atoms with Crippen LogP contribution in [0.1, 0.15) is 38.5 Å². The second kappa shape index (κ2) is 6.21. The van der Waals surface area contributed by atoms with Crippen molar-refractivity contribution in [2.75, 3.05) is 19.8 Å². The Kier molecular flexibility index (Phi) is 4.60. The Morgan fingerprint density at radius 2 is 1.94 bits per heavy atom. The molecule has 1 aliphatic heterocycles. The van der Waals surface area contributed by atoms with E-state index < -0.39 is 0 Å². The maximum atomic E-state index is 11.9. The van der Waals surface area contributed by atoms with Crippen molar-refractivity contribution in [1.82, 2.24) is 10.6 Å². The molecule has 0 radical (unpaired) electrons. The SMILES string of the molecule is O=C(NC1CCCCCC1)C1COCCN1. The minimum atomic E-state index is -0.142. The molecule has 92 valence electrons. The zero-order chi connectivity index (χ0) is 11.2. The molecule has 1 saturated carbocycles. The number of amides is 1. The number of hydrogen-bond donors (Lipinski definition) is 2. The maximum Gasteiger partial charge on any atom is 0.239 e. The monoisotopic (exact) mass is 226 g/mol. The van der Waals surface area contributed by atoms with E-state index in [9.17, 15) is 4.79 Å². The van der Waals surface area contributed by atoms with E-state index in [-0.39, 0.29) is 11.9 Å². The average Bonchev–Trinajstić information content (AvgIpc) is 2.59. The van der Waals surface area contributed by atoms with Gasteiger partial charge in [0.2, 0.25) is 5.91 Å². The summed E-state index contributed by atoms with van der Waals surface area (Å²) in [7, 11) is 0. The van der Waals surface area contributed by atoms with Gasteiger partial charge in [0.1, 0.15) is 6.04 Å². The van der Waals surface area contributed by atoms with Crippen LogP contribution in [0.2, 0.25) is 0 Å². The largest absolute Gasteiger partial charge is 0.378 e. The second-order valence-corrected chi connectivity index (χ2v) is 4.78. The highest BCUT2D eigenvalue weighted by Gasteiger charge is 2.23. The highest BCUT2D eigenvalue weighted by molar-refractivity contribution is 5.82. The number of carbonyl (C=O) groups is 1. The van der Waals surface area contributed by atoms with Gasteiger partial charge in [0, 0.05) is 12.6 Å². The summed E-state index contributed by atoms with van der Waals surface area (Å²) in [6.45, 7) is 2.01. The zero-order valence-electron chi connectivity index (χ0n) is 9.84. The van der Waals surface area contributed by atoms with Crippen LogP contribution < -0.4 is 10.6 Å². The molecule has 1 saturated heterocycles. The van der Waals surface area contributed by atoms with E-state index in [1.54, 1.807) is 0 Å². The molecule has 2 aliphatic rings. The second-order valence-electron chi connectivity index (χ2n) is 4.78. The lowest BCUT2D eigenvalue weighted by atomic mass is 10.1. The van der Waals surface area contributed by atoms with Crippen molar-refractivity contribution in [2.24, 2.45) is 0 Å². The van der Waals surface area contributed by atoms with Gasteiger partial charge in [-0.25, -0.2) is 0 Å². The summed E-state index contributed by atoms with van der Waals surface area (Å²) < 4.78 is 5.29. The van der Waals surface area contributed by atoms with Gasteiger partial charge >= 0.3 is 0 Å². The molecule has 0 spiro atoms. The van der Waals surface area contributed by atoms with Crippen molar-refractivity contribution in [1.29, 1.82) is 0 Å². The predicted molar refractivity (Wildman–Crippen MR) is 62.2 cm³/mol. The minimum absolute atomic E-state index is 0.117. The van der Waals surface area contributed by atoms with Crippen LogP contribution in [0.4, 0.5) is 0 Å². The topological polar surface area (TPSA) is 50.4 Å². The van der Waals surface area contributed by atoms with Gasteiger partial charge in [0.15, 0.2) is 0 Å². The van der Waals surface area contributed by atoms with Gasteiger partial charge in [-0.2, -0.15) is 0 Å². The Morgan fingerprint density at radius 1 is 1.19 bits per heavy atom. The van der Waals surface area contributed by atoms with Gasteiger partial charge in [-0.05, 0) is 12.8 Å². The third kappa shape index (κ3) is 3.46. The zero-order valence-corrected chi connectivity index (χ0v) is 9.84. The van der Waals surface area contributed by atoms with E-state index in [4.69, 9.17) is 4.74 Å². The third-order valence-electron chi connectivity index (χ3n) is 3.44. The molecular formula is C12H22N2O2. The fraction of sp³-hybridized carbons (Fsp3) is 0.917. The number of hydrogen-bond acceptors (Lipinski definition) is 3. The third-order valence-corrected chi connectivity index (χ3v) is 3.44. The number of morpholine rings is 1. The molecule has 1 unspecified atom stereocenters. The van der Waals surface area contributed by atoms with Crippen molar-refractivity contribution >= 4 is 5.91 Å². The normalized spacial score (nSPS) is 28.4. The van der Waals surface area contributed by atoms with E-state index >= 15 is 0 Å². The molecule has 1 amide bonds. The summed E-state index contributed by atoms with van der Waals surface area (Å²) in [6, 6.07) is 0.246. The Balaban J connectivity index is 1.76. The molecule has 0 aromatic rings. The van der Waals surface area contributed by atoms with Crippen LogP contribution in [0.3, 0.4) is 0 Å². The predicted octanol–water partition coefficient (Wildman–Crippen LogP) is 0.814. The van der Waals surface area contributed by atoms with Crippen LogP contribution in [0.25, 0.3) is 0 Å². The summed E-state index contributed by atoms with van der Waals surface area (Å²) in [5.74, 6) is 0.117. The molecule has 16 heavy (non-hydrogen) atoms. The van der Waals surface area contributed by atoms with Crippen LogP contribution in [-0.2, 0) is 9.53 Å². The van der Waals surface area contributed by atoms with Crippen molar-refractivity contribution in [3.05, 3.63) is 0 Å². The van der Waals surface area contributed by atoms with Gasteiger partial charge in [-0.15, -0.1) is 0 Å². The molecular weight excluding hydrogens is 204 g/mol. The summed E-state index contributed by atoms with van der Waals surface area (Å²) >= 11 is 0. The van der Waals surface area contributed by atoms with Crippen molar-refractivity contribution in [3.63, 3.8) is 0 Å². The lowest BCUT2D eigenvalue weighted by molar-refractivity contribution is -0.126. The Labute approximate surface area is 97.1 Å². The van der Waals surface area contributed by atoms with Crippen LogP contribution >= 0.6 is 0 Å². The molecule has 0 bridgehead atoms. The van der Waals surface area contributed by atoms with E-state index in [1.807, 2.05) is 0 Å². The maximum absolute atomic E-state index is 11.9. The molecule has 2 fully saturated rings. The van der Waals surface area contributed by atoms with Gasteiger partial charge < -0.3 is 15.4 Å². The first-order chi connectivity index (χ1) is 7.86. The van der Waals surface area contributed by atoms with Gasteiger partial charge in [0.25, 0.3) is 0 Å². The first kappa shape index (κ1) is 11.9. The number of ether oxygens (including phenoxy) is 1. The Morgan fingerprint density at radius 3 is 2.56 bits per heavy atom. The minimum Gasteiger partial charge on any atom is -0.378 e. The molecule has 2 rings (SSSR count). The van der Waals surface area contributed by atoms with Crippen LogP contribution in [0, 0.1) is 0 Å². The van der Waals surface area contributed by atoms with E-state index in [0.29, 0.717) is 19.3 Å². The summed E-state index contributed by atoms with van der Waals surface area (Å²) in [4.78, 5) is 11.9.